The van der Waals surface area contributed by atoms with Crippen LogP contribution in [0, 0.1) is 0 Å². The van der Waals surface area contributed by atoms with Crippen LogP contribution >= 0.6 is 11.3 Å². The van der Waals surface area contributed by atoms with Crippen LogP contribution in [0.4, 0.5) is 0 Å². The fourth-order valence-corrected chi connectivity index (χ4v) is 2.09. The second kappa shape index (κ2) is 3.72. The van der Waals surface area contributed by atoms with Crippen molar-refractivity contribution in [1.82, 2.24) is 4.98 Å². The SMILES string of the molecule is [2H]C([2H])([2H])Oc1ncsc1B1OC(C)(C)C(C)(C)O1. The van der Waals surface area contributed by atoms with Crippen molar-refractivity contribution in [1.29, 1.82) is 0 Å². The van der Waals surface area contributed by atoms with Gasteiger partial charge in [0, 0.05) is 0 Å². The number of ether oxygens (including phenoxy) is 1. The summed E-state index contributed by atoms with van der Waals surface area (Å²) in [5.41, 5.74) is 0.541. The Morgan fingerprint density at radius 3 is 2.56 bits per heavy atom. The molecule has 1 aromatic rings. The third kappa shape index (κ3) is 1.75. The van der Waals surface area contributed by atoms with Gasteiger partial charge in [0.15, 0.2) is 0 Å². The Morgan fingerprint density at radius 1 is 1.38 bits per heavy atom. The molecule has 2 rings (SSSR count). The number of hydrogen-bond donors (Lipinski definition) is 0. The molecule has 1 saturated heterocycles. The van der Waals surface area contributed by atoms with Crippen LogP contribution in [-0.4, -0.2) is 30.3 Å². The van der Waals surface area contributed by atoms with E-state index in [1.807, 2.05) is 27.7 Å². The highest BCUT2D eigenvalue weighted by molar-refractivity contribution is 7.21. The van der Waals surface area contributed by atoms with Crippen molar-refractivity contribution in [2.45, 2.75) is 38.9 Å². The topological polar surface area (TPSA) is 40.6 Å². The Kier molecular flexibility index (Phi) is 1.97. The second-order valence-corrected chi connectivity index (χ2v) is 5.60. The van der Waals surface area contributed by atoms with E-state index in [-0.39, 0.29) is 5.88 Å². The lowest BCUT2D eigenvalue weighted by atomic mass is 9.88. The summed E-state index contributed by atoms with van der Waals surface area (Å²) >= 11 is 1.25. The smallest absolute Gasteiger partial charge is 0.481 e. The van der Waals surface area contributed by atoms with Gasteiger partial charge in [-0.3, -0.25) is 0 Å². The van der Waals surface area contributed by atoms with Crippen molar-refractivity contribution in [3.63, 3.8) is 0 Å². The normalized spacial score (nSPS) is 26.0. The summed E-state index contributed by atoms with van der Waals surface area (Å²) in [6.07, 6.45) is 0. The minimum atomic E-state index is -2.54. The molecule has 0 aliphatic carbocycles. The molecule has 88 valence electrons. The minimum Gasteiger partial charge on any atom is -0.481 e. The van der Waals surface area contributed by atoms with E-state index in [4.69, 9.17) is 18.2 Å². The van der Waals surface area contributed by atoms with Crippen LogP contribution in [-0.2, 0) is 9.31 Å². The van der Waals surface area contributed by atoms with Crippen molar-refractivity contribution in [2.75, 3.05) is 7.04 Å². The molecule has 0 atom stereocenters. The average Bonchev–Trinajstić information content (AvgIpc) is 2.67. The van der Waals surface area contributed by atoms with Gasteiger partial charge in [-0.25, -0.2) is 4.98 Å². The zero-order valence-corrected chi connectivity index (χ0v) is 10.6. The summed E-state index contributed by atoms with van der Waals surface area (Å²) in [5.74, 6) is 0.0449. The molecule has 6 heteroatoms. The molecule has 0 bridgehead atoms. The van der Waals surface area contributed by atoms with Crippen LogP contribution in [0.1, 0.15) is 31.8 Å². The van der Waals surface area contributed by atoms with Gasteiger partial charge in [-0.2, -0.15) is 0 Å². The fraction of sp³-hybridized carbons (Fsp3) is 0.700. The zero-order chi connectivity index (χ0) is 14.5. The van der Waals surface area contributed by atoms with E-state index >= 15 is 0 Å². The number of methoxy groups -OCH3 is 1. The van der Waals surface area contributed by atoms with Crippen LogP contribution in [0.15, 0.2) is 5.51 Å². The molecule has 0 radical (unpaired) electrons. The molecule has 1 aliphatic heterocycles. The molecule has 1 aromatic heterocycles. The van der Waals surface area contributed by atoms with Gasteiger partial charge in [0.05, 0.1) is 32.6 Å². The Balaban J connectivity index is 2.24. The van der Waals surface area contributed by atoms with Gasteiger partial charge in [-0.1, -0.05) is 0 Å². The lowest BCUT2D eigenvalue weighted by Crippen LogP contribution is -2.41. The molecule has 2 heterocycles. The van der Waals surface area contributed by atoms with Crippen LogP contribution in [0.25, 0.3) is 0 Å². The summed E-state index contributed by atoms with van der Waals surface area (Å²) in [5, 5.41) is 0. The molecule has 0 aromatic carbocycles. The molecule has 0 amide bonds. The first kappa shape index (κ1) is 8.50. The van der Waals surface area contributed by atoms with Crippen LogP contribution in [0.2, 0.25) is 0 Å². The predicted molar refractivity (Wildman–Crippen MR) is 64.4 cm³/mol. The van der Waals surface area contributed by atoms with Crippen molar-refractivity contribution in [3.05, 3.63) is 5.51 Å². The van der Waals surface area contributed by atoms with E-state index in [2.05, 4.69) is 4.98 Å². The van der Waals surface area contributed by atoms with Crippen molar-refractivity contribution in [2.24, 2.45) is 0 Å². The minimum absolute atomic E-state index is 0.0449. The molecule has 0 spiro atoms. The maximum absolute atomic E-state index is 7.13. The second-order valence-electron chi connectivity index (χ2n) is 4.71. The van der Waals surface area contributed by atoms with Gasteiger partial charge in [-0.15, -0.1) is 11.3 Å². The maximum atomic E-state index is 7.13. The van der Waals surface area contributed by atoms with Gasteiger partial charge < -0.3 is 14.0 Å². The first-order valence-corrected chi connectivity index (χ1v) is 5.88. The summed E-state index contributed by atoms with van der Waals surface area (Å²) in [7, 11) is -3.19. The van der Waals surface area contributed by atoms with E-state index in [0.29, 0.717) is 4.78 Å². The fourth-order valence-electron chi connectivity index (χ4n) is 1.43. The van der Waals surface area contributed by atoms with Gasteiger partial charge in [0.2, 0.25) is 5.88 Å². The number of thiazole rings is 1. The van der Waals surface area contributed by atoms with E-state index in [9.17, 15) is 0 Å². The van der Waals surface area contributed by atoms with Gasteiger partial charge in [-0.05, 0) is 27.7 Å². The Hall–Kier alpha value is -0.585. The van der Waals surface area contributed by atoms with Crippen LogP contribution in [0.5, 0.6) is 5.88 Å². The van der Waals surface area contributed by atoms with E-state index in [1.54, 1.807) is 0 Å². The first-order valence-electron chi connectivity index (χ1n) is 6.50. The van der Waals surface area contributed by atoms with E-state index in [0.717, 1.165) is 0 Å². The molecule has 1 fully saturated rings. The molecular formula is C10H16BNO3S. The molecule has 16 heavy (non-hydrogen) atoms. The van der Waals surface area contributed by atoms with E-state index in [1.165, 1.54) is 16.8 Å². The number of aromatic nitrogens is 1. The number of rotatable bonds is 2. The lowest BCUT2D eigenvalue weighted by Gasteiger charge is -2.32. The highest BCUT2D eigenvalue weighted by Crippen LogP contribution is 2.37. The molecule has 4 nitrogen and oxygen atoms in total. The summed E-state index contributed by atoms with van der Waals surface area (Å²) in [6, 6.07) is 0. The number of hydrogen-bond acceptors (Lipinski definition) is 5. The molecule has 1 aliphatic rings. The summed E-state index contributed by atoms with van der Waals surface area (Å²) in [6.45, 7) is 7.72. The van der Waals surface area contributed by atoms with Crippen molar-refractivity contribution < 1.29 is 18.2 Å². The summed E-state index contributed by atoms with van der Waals surface area (Å²) < 4.78 is 38.5. The van der Waals surface area contributed by atoms with Crippen molar-refractivity contribution in [3.8, 4) is 5.88 Å². The predicted octanol–water partition coefficient (Wildman–Crippen LogP) is 1.45. The monoisotopic (exact) mass is 244 g/mol. The van der Waals surface area contributed by atoms with Gasteiger partial charge >= 0.3 is 7.12 Å². The maximum Gasteiger partial charge on any atom is 0.511 e. The average molecular weight is 244 g/mol. The Bertz CT molecular complexity index is 459. The van der Waals surface area contributed by atoms with Crippen LogP contribution < -0.4 is 9.51 Å². The van der Waals surface area contributed by atoms with Crippen LogP contribution in [0.3, 0.4) is 0 Å². The van der Waals surface area contributed by atoms with Crippen molar-refractivity contribution >= 4 is 23.2 Å². The number of nitrogens with zero attached hydrogens (tertiary/aromatic N) is 1. The van der Waals surface area contributed by atoms with Gasteiger partial charge in [0.25, 0.3) is 0 Å². The third-order valence-corrected chi connectivity index (χ3v) is 3.96. The first-order chi connectivity index (χ1) is 8.52. The van der Waals surface area contributed by atoms with Gasteiger partial charge in [0.1, 0.15) is 0 Å². The highest BCUT2D eigenvalue weighted by Gasteiger charge is 2.53. The largest absolute Gasteiger partial charge is 0.511 e. The molecular weight excluding hydrogens is 225 g/mol. The Morgan fingerprint density at radius 2 is 2.00 bits per heavy atom. The molecule has 0 saturated carbocycles. The zero-order valence-electron chi connectivity index (χ0n) is 12.7. The standard InChI is InChI=1S/C10H16BNO3S/c1-9(2)10(3,4)15-11(14-9)7-8(13-5)12-6-16-7/h6H,1-5H3/i5D3. The highest BCUT2D eigenvalue weighted by atomic mass is 32.1. The van der Waals surface area contributed by atoms with E-state index < -0.39 is 25.4 Å². The third-order valence-electron chi connectivity index (χ3n) is 3.12. The quantitative estimate of drug-likeness (QED) is 0.738. The molecule has 0 unspecified atom stereocenters. The Labute approximate surface area is 104 Å². The lowest BCUT2D eigenvalue weighted by molar-refractivity contribution is 0.00578. The molecule has 0 N–H and O–H groups in total. The summed E-state index contributed by atoms with van der Waals surface area (Å²) in [4.78, 5) is 3.92.